The summed E-state index contributed by atoms with van der Waals surface area (Å²) in [6, 6.07) is 7.70. The highest BCUT2D eigenvalue weighted by Crippen LogP contribution is 2.16. The molecule has 1 atom stereocenters. The van der Waals surface area contributed by atoms with Gasteiger partial charge < -0.3 is 9.84 Å². The summed E-state index contributed by atoms with van der Waals surface area (Å²) >= 11 is 0. The zero-order chi connectivity index (χ0) is 16.7. The van der Waals surface area contributed by atoms with Gasteiger partial charge in [-0.3, -0.25) is 9.80 Å². The minimum atomic E-state index is -2.28. The van der Waals surface area contributed by atoms with Crippen molar-refractivity contribution in [3.05, 3.63) is 29.8 Å². The highest BCUT2D eigenvalue weighted by atomic mass is 19.3. The molecule has 1 heterocycles. The van der Waals surface area contributed by atoms with Gasteiger partial charge >= 0.3 is 0 Å². The Labute approximate surface area is 136 Å². The summed E-state index contributed by atoms with van der Waals surface area (Å²) in [4.78, 5) is 3.91. The first-order valence-corrected chi connectivity index (χ1v) is 8.14. The van der Waals surface area contributed by atoms with Crippen molar-refractivity contribution in [1.29, 1.82) is 0 Å². The van der Waals surface area contributed by atoms with Crippen molar-refractivity contribution in [3.8, 4) is 5.75 Å². The molecule has 6 heteroatoms. The van der Waals surface area contributed by atoms with Gasteiger partial charge in [-0.25, -0.2) is 8.78 Å². The summed E-state index contributed by atoms with van der Waals surface area (Å²) in [6.45, 7) is 5.39. The van der Waals surface area contributed by atoms with Gasteiger partial charge in [-0.15, -0.1) is 0 Å². The molecule has 0 aromatic heterocycles. The topological polar surface area (TPSA) is 35.9 Å². The van der Waals surface area contributed by atoms with E-state index in [1.54, 1.807) is 4.90 Å². The van der Waals surface area contributed by atoms with Crippen LogP contribution in [0.2, 0.25) is 0 Å². The van der Waals surface area contributed by atoms with E-state index in [4.69, 9.17) is 4.74 Å². The van der Waals surface area contributed by atoms with Crippen LogP contribution in [0, 0.1) is 6.92 Å². The molecule has 1 unspecified atom stereocenters. The van der Waals surface area contributed by atoms with Crippen molar-refractivity contribution >= 4 is 0 Å². The van der Waals surface area contributed by atoms with Crippen molar-refractivity contribution in [3.63, 3.8) is 0 Å². The summed E-state index contributed by atoms with van der Waals surface area (Å²) < 4.78 is 30.5. The third-order valence-corrected chi connectivity index (χ3v) is 4.07. The van der Waals surface area contributed by atoms with Crippen LogP contribution in [0.15, 0.2) is 24.3 Å². The molecule has 1 saturated heterocycles. The molecule has 4 nitrogen and oxygen atoms in total. The predicted octanol–water partition coefficient (Wildman–Crippen LogP) is 2.01. The van der Waals surface area contributed by atoms with E-state index >= 15 is 0 Å². The maximum Gasteiger partial charge on any atom is 0.251 e. The maximum atomic E-state index is 12.4. The number of aryl methyl sites for hydroxylation is 1. The van der Waals surface area contributed by atoms with Gasteiger partial charge in [0, 0.05) is 19.6 Å². The van der Waals surface area contributed by atoms with Crippen LogP contribution in [0.5, 0.6) is 5.75 Å². The van der Waals surface area contributed by atoms with E-state index in [0.29, 0.717) is 26.2 Å². The molecule has 23 heavy (non-hydrogen) atoms. The van der Waals surface area contributed by atoms with Crippen LogP contribution in [-0.4, -0.2) is 73.3 Å². The molecule has 0 bridgehead atoms. The largest absolute Gasteiger partial charge is 0.491 e. The van der Waals surface area contributed by atoms with Crippen LogP contribution in [0.4, 0.5) is 8.78 Å². The Morgan fingerprint density at radius 3 is 2.39 bits per heavy atom. The van der Waals surface area contributed by atoms with Crippen LogP contribution < -0.4 is 4.74 Å². The Kier molecular flexibility index (Phi) is 7.20. The van der Waals surface area contributed by atoms with Gasteiger partial charge in [-0.2, -0.15) is 0 Å². The number of rotatable bonds is 7. The number of hydrogen-bond acceptors (Lipinski definition) is 4. The van der Waals surface area contributed by atoms with Crippen LogP contribution in [0.25, 0.3) is 0 Å². The van der Waals surface area contributed by atoms with Gasteiger partial charge in [0.15, 0.2) is 0 Å². The molecular weight excluding hydrogens is 302 g/mol. The summed E-state index contributed by atoms with van der Waals surface area (Å²) in [6.07, 6.45) is -2.02. The van der Waals surface area contributed by atoms with Gasteiger partial charge in [0.25, 0.3) is 6.43 Å². The Hall–Kier alpha value is -1.24. The fourth-order valence-electron chi connectivity index (χ4n) is 2.84. The molecule has 1 N–H and O–H groups in total. The number of aliphatic hydroxyl groups excluding tert-OH is 1. The number of hydrogen-bond donors (Lipinski definition) is 1. The molecule has 1 fully saturated rings. The Balaban J connectivity index is 1.72. The molecule has 2 rings (SSSR count). The van der Waals surface area contributed by atoms with Crippen molar-refractivity contribution in [1.82, 2.24) is 9.80 Å². The summed E-state index contributed by atoms with van der Waals surface area (Å²) in [7, 11) is 0. The first kappa shape index (κ1) is 18.1. The van der Waals surface area contributed by atoms with Crippen molar-refractivity contribution in [2.45, 2.75) is 25.9 Å². The number of β-amino-alcohol motifs (C(OH)–C–C–N with tert-alkyl or cyclic N) is 1. The average Bonchev–Trinajstić information content (AvgIpc) is 2.71. The van der Waals surface area contributed by atoms with Crippen LogP contribution in [0.1, 0.15) is 12.0 Å². The van der Waals surface area contributed by atoms with E-state index in [1.807, 2.05) is 31.2 Å². The number of alkyl halides is 2. The number of nitrogens with zero attached hydrogens (tertiary/aromatic N) is 2. The standard InChI is InChI=1S/C17H26F2N2O2/c1-14-5-2-3-6-16(14)23-13-15(22)11-20-7-4-8-21(10-9-20)12-17(18)19/h2-3,5-6,15,17,22H,4,7-13H2,1H3. The van der Waals surface area contributed by atoms with Gasteiger partial charge in [-0.05, 0) is 38.1 Å². The smallest absolute Gasteiger partial charge is 0.251 e. The van der Waals surface area contributed by atoms with Crippen molar-refractivity contribution in [2.75, 3.05) is 45.9 Å². The molecule has 1 aliphatic heterocycles. The van der Waals surface area contributed by atoms with Gasteiger partial charge in [0.05, 0.1) is 6.54 Å². The molecule has 0 aliphatic carbocycles. The number of halogens is 2. The maximum absolute atomic E-state index is 12.4. The number of benzene rings is 1. The zero-order valence-corrected chi connectivity index (χ0v) is 13.6. The molecule has 1 aliphatic rings. The molecule has 0 amide bonds. The normalized spacial score (nSPS) is 18.8. The zero-order valence-electron chi connectivity index (χ0n) is 13.6. The lowest BCUT2D eigenvalue weighted by Crippen LogP contribution is -2.38. The van der Waals surface area contributed by atoms with Gasteiger partial charge in [0.1, 0.15) is 18.5 Å². The van der Waals surface area contributed by atoms with E-state index in [-0.39, 0.29) is 13.2 Å². The van der Waals surface area contributed by atoms with E-state index in [2.05, 4.69) is 4.90 Å². The summed E-state index contributed by atoms with van der Waals surface area (Å²) in [5.41, 5.74) is 1.04. The van der Waals surface area contributed by atoms with Crippen LogP contribution >= 0.6 is 0 Å². The number of aliphatic hydroxyl groups is 1. The van der Waals surface area contributed by atoms with Crippen LogP contribution in [0.3, 0.4) is 0 Å². The van der Waals surface area contributed by atoms with Crippen molar-refractivity contribution < 1.29 is 18.6 Å². The second-order valence-electron chi connectivity index (χ2n) is 6.08. The molecule has 1 aromatic carbocycles. The molecule has 1 aromatic rings. The van der Waals surface area contributed by atoms with E-state index in [1.165, 1.54) is 0 Å². The lowest BCUT2D eigenvalue weighted by Gasteiger charge is -2.24. The molecule has 0 radical (unpaired) electrons. The summed E-state index contributed by atoms with van der Waals surface area (Å²) in [5, 5.41) is 10.2. The average molecular weight is 328 g/mol. The van der Waals surface area contributed by atoms with Crippen molar-refractivity contribution in [2.24, 2.45) is 0 Å². The predicted molar refractivity (Wildman–Crippen MR) is 86.2 cm³/mol. The minimum absolute atomic E-state index is 0.160. The highest BCUT2D eigenvalue weighted by molar-refractivity contribution is 5.31. The molecule has 130 valence electrons. The SMILES string of the molecule is Cc1ccccc1OCC(O)CN1CCCN(CC(F)F)CC1. The lowest BCUT2D eigenvalue weighted by atomic mass is 10.2. The Bertz CT molecular complexity index is 474. The van der Waals surface area contributed by atoms with E-state index in [0.717, 1.165) is 24.3 Å². The number of para-hydroxylation sites is 1. The van der Waals surface area contributed by atoms with Gasteiger partial charge in [-0.1, -0.05) is 18.2 Å². The van der Waals surface area contributed by atoms with Crippen LogP contribution in [-0.2, 0) is 0 Å². The fourth-order valence-corrected chi connectivity index (χ4v) is 2.84. The first-order valence-electron chi connectivity index (χ1n) is 8.14. The monoisotopic (exact) mass is 328 g/mol. The fraction of sp³-hybridized carbons (Fsp3) is 0.647. The van der Waals surface area contributed by atoms with Gasteiger partial charge in [0.2, 0.25) is 0 Å². The molecule has 0 saturated carbocycles. The summed E-state index contributed by atoms with van der Waals surface area (Å²) in [5.74, 6) is 0.783. The molecular formula is C17H26F2N2O2. The highest BCUT2D eigenvalue weighted by Gasteiger charge is 2.19. The van der Waals surface area contributed by atoms with E-state index in [9.17, 15) is 13.9 Å². The number of ether oxygens (including phenoxy) is 1. The third-order valence-electron chi connectivity index (χ3n) is 4.07. The third kappa shape index (κ3) is 6.41. The minimum Gasteiger partial charge on any atom is -0.491 e. The molecule has 0 spiro atoms. The Morgan fingerprint density at radius 2 is 1.74 bits per heavy atom. The Morgan fingerprint density at radius 1 is 1.09 bits per heavy atom. The first-order chi connectivity index (χ1) is 11.0. The van der Waals surface area contributed by atoms with E-state index < -0.39 is 12.5 Å². The lowest BCUT2D eigenvalue weighted by molar-refractivity contribution is 0.0660. The second-order valence-corrected chi connectivity index (χ2v) is 6.08. The quantitative estimate of drug-likeness (QED) is 0.831. The second kappa shape index (κ2) is 9.15.